The van der Waals surface area contributed by atoms with Crippen LogP contribution in [-0.4, -0.2) is 22.4 Å². The van der Waals surface area contributed by atoms with Crippen molar-refractivity contribution in [3.8, 4) is 0 Å². The van der Waals surface area contributed by atoms with Crippen LogP contribution in [0.5, 0.6) is 0 Å². The summed E-state index contributed by atoms with van der Waals surface area (Å²) in [6.45, 7) is 0. The molecule has 0 aliphatic heterocycles. The number of rotatable bonds is 4. The number of ketones is 1. The Balaban J connectivity index is 1.85. The molecule has 0 radical (unpaired) electrons. The van der Waals surface area contributed by atoms with Crippen molar-refractivity contribution in [3.05, 3.63) is 83.1 Å². The van der Waals surface area contributed by atoms with E-state index in [-0.39, 0.29) is 22.8 Å². The second kappa shape index (κ2) is 7.31. The van der Waals surface area contributed by atoms with Crippen LogP contribution < -0.4 is 0 Å². The van der Waals surface area contributed by atoms with Crippen molar-refractivity contribution in [1.82, 2.24) is 3.97 Å². The molecule has 0 spiro atoms. The molecule has 144 valence electrons. The van der Waals surface area contributed by atoms with Gasteiger partial charge in [0.15, 0.2) is 5.78 Å². The summed E-state index contributed by atoms with van der Waals surface area (Å²) in [6, 6.07) is 16.1. The number of carbonyl (C=O) groups excluding carboxylic acids is 1. The first kappa shape index (κ1) is 19.1. The highest BCUT2D eigenvalue weighted by Gasteiger charge is 2.36. The van der Waals surface area contributed by atoms with Crippen molar-refractivity contribution < 1.29 is 17.4 Å². The summed E-state index contributed by atoms with van der Waals surface area (Å²) in [5.41, 5.74) is 0.603. The van der Waals surface area contributed by atoms with Gasteiger partial charge in [-0.3, -0.25) is 9.00 Å². The summed E-state index contributed by atoms with van der Waals surface area (Å²) in [7, 11) is -5.44. The molecule has 0 fully saturated rings. The monoisotopic (exact) mass is 433 g/mol. The van der Waals surface area contributed by atoms with E-state index in [0.717, 1.165) is 3.97 Å². The number of hydrogen-bond donors (Lipinski definition) is 0. The van der Waals surface area contributed by atoms with E-state index in [2.05, 4.69) is 0 Å². The average Bonchev–Trinajstić information content (AvgIpc) is 3.16. The molecule has 0 saturated heterocycles. The van der Waals surface area contributed by atoms with Crippen LogP contribution in [0.3, 0.4) is 0 Å². The predicted molar refractivity (Wildman–Crippen MR) is 108 cm³/mol. The van der Waals surface area contributed by atoms with Gasteiger partial charge in [0, 0.05) is 28.1 Å². The molecule has 1 aromatic heterocycles. The van der Waals surface area contributed by atoms with Gasteiger partial charge in [0.05, 0.1) is 26.6 Å². The maximum atomic E-state index is 13.2. The molecule has 1 aliphatic carbocycles. The molecule has 2 atom stereocenters. The summed E-state index contributed by atoms with van der Waals surface area (Å²) in [5.74, 6) is -0.138. The number of benzene rings is 2. The molecular weight excluding hydrogens is 418 g/mol. The largest absolute Gasteiger partial charge is 0.294 e. The number of aromatic nitrogens is 1. The maximum absolute atomic E-state index is 13.2. The molecule has 4 rings (SSSR count). The van der Waals surface area contributed by atoms with Crippen LogP contribution in [0.1, 0.15) is 34.1 Å². The molecule has 2 unspecified atom stereocenters. The highest BCUT2D eigenvalue weighted by atomic mass is 35.5. The zero-order valence-electron chi connectivity index (χ0n) is 14.6. The number of carbonyl (C=O) groups is 1. The quantitative estimate of drug-likeness (QED) is 0.618. The van der Waals surface area contributed by atoms with E-state index in [1.165, 1.54) is 24.4 Å². The fourth-order valence-electron chi connectivity index (χ4n) is 3.37. The van der Waals surface area contributed by atoms with Gasteiger partial charge >= 0.3 is 0 Å². The number of hydrogen-bond acceptors (Lipinski definition) is 4. The number of Topliss-reactive ketones (excluding diaryl/α,β-unsaturated/α-hetero) is 1. The standard InChI is InChI=1S/C20H16ClNO4S2/c21-14-6-8-15(9-7-14)27(24)19-11-10-18(23)17-12-13-22(20(17)19)28(25,26)16-4-2-1-3-5-16/h1-9,12-13,19H,10-11H2. The van der Waals surface area contributed by atoms with Gasteiger partial charge in [0.25, 0.3) is 10.0 Å². The minimum atomic E-state index is -3.91. The predicted octanol–water partition coefficient (Wildman–Crippen LogP) is 4.20. The van der Waals surface area contributed by atoms with E-state index in [0.29, 0.717) is 21.9 Å². The molecule has 3 aromatic rings. The molecule has 1 aliphatic rings. The van der Waals surface area contributed by atoms with E-state index in [1.807, 2.05) is 0 Å². The van der Waals surface area contributed by atoms with Crippen molar-refractivity contribution in [2.45, 2.75) is 27.9 Å². The third kappa shape index (κ3) is 3.23. The zero-order chi connectivity index (χ0) is 19.9. The Morgan fingerprint density at radius 1 is 1.00 bits per heavy atom. The van der Waals surface area contributed by atoms with Gasteiger partial charge in [-0.2, -0.15) is 0 Å². The van der Waals surface area contributed by atoms with E-state index in [9.17, 15) is 17.4 Å². The van der Waals surface area contributed by atoms with Gasteiger partial charge in [-0.25, -0.2) is 12.4 Å². The molecule has 28 heavy (non-hydrogen) atoms. The Morgan fingerprint density at radius 2 is 1.68 bits per heavy atom. The summed E-state index contributed by atoms with van der Waals surface area (Å²) in [5, 5.41) is -0.0855. The van der Waals surface area contributed by atoms with Crippen molar-refractivity contribution in [2.24, 2.45) is 0 Å². The normalized spacial score (nSPS) is 17.9. The Kier molecular flexibility index (Phi) is 4.99. The first-order chi connectivity index (χ1) is 13.4. The topological polar surface area (TPSA) is 73.2 Å². The van der Waals surface area contributed by atoms with E-state index < -0.39 is 26.1 Å². The van der Waals surface area contributed by atoms with Crippen LogP contribution in [0.2, 0.25) is 5.02 Å². The maximum Gasteiger partial charge on any atom is 0.267 e. The molecule has 0 bridgehead atoms. The van der Waals surface area contributed by atoms with E-state index in [4.69, 9.17) is 11.6 Å². The van der Waals surface area contributed by atoms with Crippen LogP contribution in [-0.2, 0) is 20.8 Å². The minimum absolute atomic E-state index is 0.113. The molecule has 0 amide bonds. The van der Waals surface area contributed by atoms with Crippen molar-refractivity contribution in [2.75, 3.05) is 0 Å². The first-order valence-electron chi connectivity index (χ1n) is 8.61. The summed E-state index contributed by atoms with van der Waals surface area (Å²) < 4.78 is 40.7. The van der Waals surface area contributed by atoms with Gasteiger partial charge in [-0.1, -0.05) is 29.8 Å². The van der Waals surface area contributed by atoms with Crippen molar-refractivity contribution >= 4 is 38.2 Å². The fraction of sp³-hybridized carbons (Fsp3) is 0.150. The Labute approximate surface area is 170 Å². The van der Waals surface area contributed by atoms with E-state index >= 15 is 0 Å². The smallest absolute Gasteiger partial charge is 0.267 e. The third-order valence-electron chi connectivity index (χ3n) is 4.73. The van der Waals surface area contributed by atoms with Crippen LogP contribution in [0.15, 0.2) is 76.7 Å². The Morgan fingerprint density at radius 3 is 2.36 bits per heavy atom. The SMILES string of the molecule is O=C1CCC(S(=O)c2ccc(Cl)cc2)c2c1ccn2S(=O)(=O)c1ccccc1. The lowest BCUT2D eigenvalue weighted by Crippen LogP contribution is -2.24. The summed E-state index contributed by atoms with van der Waals surface area (Å²) >= 11 is 5.91. The molecule has 0 saturated carbocycles. The highest BCUT2D eigenvalue weighted by molar-refractivity contribution is 7.90. The van der Waals surface area contributed by atoms with Gasteiger partial charge in [0.1, 0.15) is 0 Å². The fourth-order valence-corrected chi connectivity index (χ4v) is 6.50. The molecular formula is C20H16ClNO4S2. The van der Waals surface area contributed by atoms with Crippen molar-refractivity contribution in [3.63, 3.8) is 0 Å². The second-order valence-electron chi connectivity index (χ2n) is 6.43. The van der Waals surface area contributed by atoms with Crippen molar-refractivity contribution in [1.29, 1.82) is 0 Å². The van der Waals surface area contributed by atoms with Crippen LogP contribution in [0, 0.1) is 0 Å². The van der Waals surface area contributed by atoms with Gasteiger partial charge in [-0.15, -0.1) is 0 Å². The van der Waals surface area contributed by atoms with Gasteiger partial charge in [0.2, 0.25) is 0 Å². The van der Waals surface area contributed by atoms with Crippen LogP contribution in [0.25, 0.3) is 0 Å². The second-order valence-corrected chi connectivity index (χ2v) is 10.3. The Bertz CT molecular complexity index is 1170. The third-order valence-corrected chi connectivity index (χ3v) is 8.40. The lowest BCUT2D eigenvalue weighted by atomic mass is 9.96. The molecule has 2 aromatic carbocycles. The molecule has 0 N–H and O–H groups in total. The molecule has 8 heteroatoms. The van der Waals surface area contributed by atoms with E-state index in [1.54, 1.807) is 42.5 Å². The molecule has 1 heterocycles. The number of halogens is 1. The average molecular weight is 434 g/mol. The number of nitrogens with zero attached hydrogens (tertiary/aromatic N) is 1. The van der Waals surface area contributed by atoms with Crippen LogP contribution in [0.4, 0.5) is 0 Å². The minimum Gasteiger partial charge on any atom is -0.294 e. The molecule has 5 nitrogen and oxygen atoms in total. The van der Waals surface area contributed by atoms with Crippen LogP contribution >= 0.6 is 11.6 Å². The van der Waals surface area contributed by atoms with Gasteiger partial charge in [-0.05, 0) is 48.9 Å². The highest BCUT2D eigenvalue weighted by Crippen LogP contribution is 2.38. The summed E-state index contributed by atoms with van der Waals surface area (Å²) in [4.78, 5) is 13.0. The first-order valence-corrected chi connectivity index (χ1v) is 11.6. The number of fused-ring (bicyclic) bond motifs is 1. The Hall–Kier alpha value is -2.22. The lowest BCUT2D eigenvalue weighted by molar-refractivity contribution is 0.0971. The lowest BCUT2D eigenvalue weighted by Gasteiger charge is -2.24. The zero-order valence-corrected chi connectivity index (χ0v) is 17.0. The van der Waals surface area contributed by atoms with Gasteiger partial charge < -0.3 is 0 Å². The summed E-state index contributed by atoms with van der Waals surface area (Å²) in [6.07, 6.45) is 1.92.